The number of benzene rings is 1. The third kappa shape index (κ3) is 3.23. The van der Waals surface area contributed by atoms with Crippen LogP contribution in [-0.4, -0.2) is 44.4 Å². The minimum absolute atomic E-state index is 0.00695. The van der Waals surface area contributed by atoms with Crippen LogP contribution in [0.2, 0.25) is 0 Å². The topological polar surface area (TPSA) is 90.7 Å². The zero-order valence-electron chi connectivity index (χ0n) is 14.6. The van der Waals surface area contributed by atoms with Crippen molar-refractivity contribution in [1.29, 1.82) is 0 Å². The van der Waals surface area contributed by atoms with Gasteiger partial charge in [-0.1, -0.05) is 35.9 Å². The zero-order valence-corrected chi connectivity index (χ0v) is 14.6. The molecule has 2 aromatic rings. The number of hydrogen-bond acceptors (Lipinski definition) is 5. The number of β-amino-alcohol motifs (C(OH)–C–C–N with tert-alkyl or cyclic N) is 1. The lowest BCUT2D eigenvalue weighted by Gasteiger charge is -2.26. The van der Waals surface area contributed by atoms with E-state index < -0.39 is 23.8 Å². The third-order valence-corrected chi connectivity index (χ3v) is 4.33. The van der Waals surface area contributed by atoms with Gasteiger partial charge in [0.25, 0.3) is 11.7 Å². The molecule has 2 heterocycles. The number of nitrogens with zero attached hydrogens (tertiary/aromatic N) is 2. The number of carbonyl (C=O) groups excluding carboxylic acids is 2. The minimum atomic E-state index is -0.813. The van der Waals surface area contributed by atoms with Crippen molar-refractivity contribution in [1.82, 2.24) is 9.88 Å². The van der Waals surface area contributed by atoms with E-state index in [0.717, 1.165) is 5.56 Å². The standard InChI is InChI=1S/C20H20N2O4/c1-12-5-7-14(8-6-12)18(24)16-17(15-4-3-9-21-10-15)22(11-13(2)23)20(26)19(16)25/h3-10,13,17,23-24H,11H2,1-2H3/t13-,17-/m0/s1. The third-order valence-electron chi connectivity index (χ3n) is 4.33. The summed E-state index contributed by atoms with van der Waals surface area (Å²) in [6, 6.07) is 9.68. The Labute approximate surface area is 151 Å². The van der Waals surface area contributed by atoms with Gasteiger partial charge in [0.1, 0.15) is 5.76 Å². The van der Waals surface area contributed by atoms with Gasteiger partial charge in [-0.2, -0.15) is 0 Å². The van der Waals surface area contributed by atoms with Gasteiger partial charge in [0.2, 0.25) is 0 Å². The monoisotopic (exact) mass is 352 g/mol. The van der Waals surface area contributed by atoms with Crippen molar-refractivity contribution in [3.05, 3.63) is 71.1 Å². The molecule has 1 saturated heterocycles. The molecule has 0 radical (unpaired) electrons. The highest BCUT2D eigenvalue weighted by atomic mass is 16.3. The minimum Gasteiger partial charge on any atom is -0.507 e. The highest BCUT2D eigenvalue weighted by Crippen LogP contribution is 2.39. The van der Waals surface area contributed by atoms with Crippen LogP contribution < -0.4 is 0 Å². The maximum atomic E-state index is 12.7. The summed E-state index contributed by atoms with van der Waals surface area (Å²) in [6.07, 6.45) is 2.32. The van der Waals surface area contributed by atoms with E-state index in [1.165, 1.54) is 4.90 Å². The second-order valence-corrected chi connectivity index (χ2v) is 6.45. The van der Waals surface area contributed by atoms with Crippen molar-refractivity contribution < 1.29 is 19.8 Å². The van der Waals surface area contributed by atoms with Crippen molar-refractivity contribution in [2.75, 3.05) is 6.54 Å². The number of Topliss-reactive ketones (excluding diaryl/α,β-unsaturated/α-hetero) is 1. The van der Waals surface area contributed by atoms with Crippen LogP contribution in [0.3, 0.4) is 0 Å². The van der Waals surface area contributed by atoms with Gasteiger partial charge >= 0.3 is 0 Å². The van der Waals surface area contributed by atoms with Crippen LogP contribution in [0, 0.1) is 6.92 Å². The molecule has 6 nitrogen and oxygen atoms in total. The fraction of sp³-hybridized carbons (Fsp3) is 0.250. The van der Waals surface area contributed by atoms with E-state index in [9.17, 15) is 19.8 Å². The summed E-state index contributed by atoms with van der Waals surface area (Å²) in [4.78, 5) is 30.5. The molecule has 1 aliphatic rings. The summed E-state index contributed by atoms with van der Waals surface area (Å²) in [5.74, 6) is -1.74. The highest BCUT2D eigenvalue weighted by Gasteiger charge is 2.46. The van der Waals surface area contributed by atoms with Gasteiger partial charge in [-0.05, 0) is 25.5 Å². The smallest absolute Gasteiger partial charge is 0.295 e. The second-order valence-electron chi connectivity index (χ2n) is 6.45. The number of ketones is 1. The molecule has 2 atom stereocenters. The fourth-order valence-corrected chi connectivity index (χ4v) is 3.10. The first kappa shape index (κ1) is 17.8. The average molecular weight is 352 g/mol. The first-order chi connectivity index (χ1) is 12.4. The number of pyridine rings is 1. The van der Waals surface area contributed by atoms with Gasteiger partial charge in [-0.25, -0.2) is 0 Å². The van der Waals surface area contributed by atoms with Gasteiger partial charge in [-0.3, -0.25) is 14.6 Å². The molecular formula is C20H20N2O4. The Morgan fingerprint density at radius 1 is 1.23 bits per heavy atom. The summed E-state index contributed by atoms with van der Waals surface area (Å²) >= 11 is 0. The van der Waals surface area contributed by atoms with Crippen LogP contribution in [0.5, 0.6) is 0 Å². The second kappa shape index (κ2) is 7.09. The van der Waals surface area contributed by atoms with E-state index in [4.69, 9.17) is 0 Å². The summed E-state index contributed by atoms with van der Waals surface area (Å²) in [5.41, 5.74) is 2.08. The normalized spacial score (nSPS) is 20.4. The van der Waals surface area contributed by atoms with Crippen molar-refractivity contribution >= 4 is 17.4 Å². The van der Waals surface area contributed by atoms with E-state index in [1.807, 2.05) is 19.1 Å². The van der Waals surface area contributed by atoms with Crippen LogP contribution in [0.15, 0.2) is 54.4 Å². The highest BCUT2D eigenvalue weighted by molar-refractivity contribution is 6.46. The molecule has 2 N–H and O–H groups in total. The maximum Gasteiger partial charge on any atom is 0.295 e. The molecule has 0 saturated carbocycles. The number of aliphatic hydroxyl groups is 2. The molecule has 1 amide bonds. The van der Waals surface area contributed by atoms with E-state index in [2.05, 4.69) is 4.98 Å². The lowest BCUT2D eigenvalue weighted by molar-refractivity contribution is -0.140. The summed E-state index contributed by atoms with van der Waals surface area (Å²) in [7, 11) is 0. The van der Waals surface area contributed by atoms with Gasteiger partial charge in [0, 0.05) is 24.5 Å². The van der Waals surface area contributed by atoms with Crippen LogP contribution in [-0.2, 0) is 9.59 Å². The number of aromatic nitrogens is 1. The molecule has 0 unspecified atom stereocenters. The molecule has 134 valence electrons. The molecule has 0 bridgehead atoms. The summed E-state index contributed by atoms with van der Waals surface area (Å²) in [5, 5.41) is 20.5. The molecule has 1 aromatic heterocycles. The van der Waals surface area contributed by atoms with Crippen LogP contribution in [0.1, 0.15) is 29.7 Å². The Morgan fingerprint density at radius 3 is 2.50 bits per heavy atom. The zero-order chi connectivity index (χ0) is 18.8. The van der Waals surface area contributed by atoms with Gasteiger partial charge in [0.05, 0.1) is 17.7 Å². The van der Waals surface area contributed by atoms with Crippen LogP contribution >= 0.6 is 0 Å². The number of carbonyl (C=O) groups is 2. The number of likely N-dealkylation sites (tertiary alicyclic amines) is 1. The van der Waals surface area contributed by atoms with Crippen LogP contribution in [0.25, 0.3) is 5.76 Å². The molecule has 0 aliphatic carbocycles. The quantitative estimate of drug-likeness (QED) is 0.500. The number of amides is 1. The number of aliphatic hydroxyl groups excluding tert-OH is 2. The molecular weight excluding hydrogens is 332 g/mol. The van der Waals surface area contributed by atoms with E-state index in [-0.39, 0.29) is 17.9 Å². The van der Waals surface area contributed by atoms with Gasteiger partial charge in [-0.15, -0.1) is 0 Å². The number of hydrogen-bond donors (Lipinski definition) is 2. The van der Waals surface area contributed by atoms with Gasteiger partial charge < -0.3 is 15.1 Å². The SMILES string of the molecule is Cc1ccc(C(O)=C2C(=O)C(=O)N(C[C@H](C)O)[C@H]2c2cccnc2)cc1. The first-order valence-corrected chi connectivity index (χ1v) is 8.33. The van der Waals surface area contributed by atoms with Crippen molar-refractivity contribution in [3.8, 4) is 0 Å². The van der Waals surface area contributed by atoms with E-state index >= 15 is 0 Å². The Bertz CT molecular complexity index is 857. The Hall–Kier alpha value is -2.99. The summed E-state index contributed by atoms with van der Waals surface area (Å²) < 4.78 is 0. The molecule has 1 aliphatic heterocycles. The predicted molar refractivity (Wildman–Crippen MR) is 96.1 cm³/mol. The Kier molecular flexibility index (Phi) is 4.86. The Balaban J connectivity index is 2.17. The van der Waals surface area contributed by atoms with Gasteiger partial charge in [0.15, 0.2) is 0 Å². The Morgan fingerprint density at radius 2 is 1.92 bits per heavy atom. The van der Waals surface area contributed by atoms with E-state index in [1.54, 1.807) is 43.6 Å². The van der Waals surface area contributed by atoms with E-state index in [0.29, 0.717) is 11.1 Å². The maximum absolute atomic E-state index is 12.7. The van der Waals surface area contributed by atoms with Crippen molar-refractivity contribution in [2.45, 2.75) is 26.0 Å². The van der Waals surface area contributed by atoms with Crippen molar-refractivity contribution in [3.63, 3.8) is 0 Å². The molecule has 0 spiro atoms. The van der Waals surface area contributed by atoms with Crippen LogP contribution in [0.4, 0.5) is 0 Å². The average Bonchev–Trinajstić information content (AvgIpc) is 2.87. The summed E-state index contributed by atoms with van der Waals surface area (Å²) in [6.45, 7) is 3.44. The molecule has 1 fully saturated rings. The lowest BCUT2D eigenvalue weighted by atomic mass is 9.96. The van der Waals surface area contributed by atoms with Crippen molar-refractivity contribution in [2.24, 2.45) is 0 Å². The molecule has 26 heavy (non-hydrogen) atoms. The molecule has 1 aromatic carbocycles. The number of rotatable bonds is 4. The lowest BCUT2D eigenvalue weighted by Crippen LogP contribution is -2.35. The first-order valence-electron chi connectivity index (χ1n) is 8.33. The molecule has 3 rings (SSSR count). The predicted octanol–water partition coefficient (Wildman–Crippen LogP) is 2.19. The molecule has 6 heteroatoms. The number of aryl methyl sites for hydroxylation is 1. The largest absolute Gasteiger partial charge is 0.507 e. The fourth-order valence-electron chi connectivity index (χ4n) is 3.10.